The molecule has 18 heavy (non-hydrogen) atoms. The Kier molecular flexibility index (Phi) is 3.58. The van der Waals surface area contributed by atoms with Crippen LogP contribution < -0.4 is 5.73 Å². The van der Waals surface area contributed by atoms with Crippen molar-refractivity contribution in [3.05, 3.63) is 53.6 Å². The van der Waals surface area contributed by atoms with Crippen molar-refractivity contribution in [3.63, 3.8) is 0 Å². The Labute approximate surface area is 110 Å². The minimum Gasteiger partial charge on any atom is -0.478 e. The van der Waals surface area contributed by atoms with E-state index in [2.05, 4.69) is 0 Å². The van der Waals surface area contributed by atoms with Crippen molar-refractivity contribution in [3.8, 4) is 0 Å². The third-order valence-electron chi connectivity index (χ3n) is 2.48. The fourth-order valence-corrected chi connectivity index (χ4v) is 2.52. The molecular weight excluding hydrogens is 246 g/mol. The summed E-state index contributed by atoms with van der Waals surface area (Å²) < 4.78 is 0. The number of carboxylic acids is 1. The van der Waals surface area contributed by atoms with Crippen LogP contribution in [0.3, 0.4) is 0 Å². The molecule has 0 aliphatic carbocycles. The Hall–Kier alpha value is -1.94. The molecule has 0 aliphatic heterocycles. The number of aromatic carboxylic acids is 1. The SMILES string of the molecule is Cc1ccc(Sc2cc(N)ccc2C(=O)O)cc1. The maximum Gasteiger partial charge on any atom is 0.336 e. The number of carboxylic acid groups (broad SMARTS) is 1. The monoisotopic (exact) mass is 259 g/mol. The molecule has 4 heteroatoms. The summed E-state index contributed by atoms with van der Waals surface area (Å²) >= 11 is 1.40. The fourth-order valence-electron chi connectivity index (χ4n) is 1.53. The molecule has 3 nitrogen and oxygen atoms in total. The van der Waals surface area contributed by atoms with Crippen LogP contribution in [0.5, 0.6) is 0 Å². The third kappa shape index (κ3) is 2.84. The summed E-state index contributed by atoms with van der Waals surface area (Å²) in [5.41, 5.74) is 7.71. The molecule has 2 rings (SSSR count). The molecule has 3 N–H and O–H groups in total. The molecule has 0 aliphatic rings. The van der Waals surface area contributed by atoms with Crippen LogP contribution in [-0.4, -0.2) is 11.1 Å². The van der Waals surface area contributed by atoms with E-state index >= 15 is 0 Å². The van der Waals surface area contributed by atoms with Crippen molar-refractivity contribution in [1.29, 1.82) is 0 Å². The number of nitrogen functional groups attached to an aromatic ring is 1. The number of carbonyl (C=O) groups is 1. The topological polar surface area (TPSA) is 63.3 Å². The van der Waals surface area contributed by atoms with Crippen molar-refractivity contribution in [2.45, 2.75) is 16.7 Å². The highest BCUT2D eigenvalue weighted by molar-refractivity contribution is 7.99. The second kappa shape index (κ2) is 5.14. The van der Waals surface area contributed by atoms with E-state index in [9.17, 15) is 4.79 Å². The van der Waals surface area contributed by atoms with E-state index < -0.39 is 5.97 Å². The van der Waals surface area contributed by atoms with E-state index in [0.717, 1.165) is 4.90 Å². The molecule has 0 saturated heterocycles. The largest absolute Gasteiger partial charge is 0.478 e. The summed E-state index contributed by atoms with van der Waals surface area (Å²) in [6.07, 6.45) is 0. The number of aryl methyl sites for hydroxylation is 1. The van der Waals surface area contributed by atoms with Gasteiger partial charge in [0.05, 0.1) is 5.56 Å². The second-order valence-electron chi connectivity index (χ2n) is 3.98. The quantitative estimate of drug-likeness (QED) is 0.829. The molecule has 0 unspecified atom stereocenters. The molecule has 0 amide bonds. The molecule has 0 heterocycles. The van der Waals surface area contributed by atoms with E-state index in [1.54, 1.807) is 12.1 Å². The van der Waals surface area contributed by atoms with Crippen LogP contribution in [0.1, 0.15) is 15.9 Å². The van der Waals surface area contributed by atoms with Crippen LogP contribution in [0.25, 0.3) is 0 Å². The Morgan fingerprint density at radius 2 is 1.83 bits per heavy atom. The highest BCUT2D eigenvalue weighted by atomic mass is 32.2. The molecule has 0 radical (unpaired) electrons. The van der Waals surface area contributed by atoms with Crippen LogP contribution in [0.4, 0.5) is 5.69 Å². The lowest BCUT2D eigenvalue weighted by Crippen LogP contribution is -1.99. The van der Waals surface area contributed by atoms with Gasteiger partial charge in [0.25, 0.3) is 0 Å². The first-order valence-electron chi connectivity index (χ1n) is 5.43. The summed E-state index contributed by atoms with van der Waals surface area (Å²) in [6.45, 7) is 2.01. The number of benzene rings is 2. The van der Waals surface area contributed by atoms with Crippen LogP contribution >= 0.6 is 11.8 Å². The summed E-state index contributed by atoms with van der Waals surface area (Å²) in [5.74, 6) is -0.940. The highest BCUT2D eigenvalue weighted by Crippen LogP contribution is 2.32. The Morgan fingerprint density at radius 3 is 2.44 bits per heavy atom. The Bertz CT molecular complexity index is 579. The fraction of sp³-hybridized carbons (Fsp3) is 0.0714. The maximum atomic E-state index is 11.1. The lowest BCUT2D eigenvalue weighted by atomic mass is 10.2. The molecular formula is C14H13NO2S. The number of rotatable bonds is 3. The maximum absolute atomic E-state index is 11.1. The predicted molar refractivity (Wildman–Crippen MR) is 73.1 cm³/mol. The van der Waals surface area contributed by atoms with Gasteiger partial charge in [0.15, 0.2) is 0 Å². The van der Waals surface area contributed by atoms with Crippen molar-refractivity contribution < 1.29 is 9.90 Å². The molecule has 0 atom stereocenters. The first-order valence-corrected chi connectivity index (χ1v) is 6.25. The first-order chi connectivity index (χ1) is 8.56. The van der Waals surface area contributed by atoms with E-state index in [-0.39, 0.29) is 5.56 Å². The zero-order valence-electron chi connectivity index (χ0n) is 9.88. The third-order valence-corrected chi connectivity index (χ3v) is 3.55. The minimum absolute atomic E-state index is 0.273. The molecule has 2 aromatic rings. The number of hydrogen-bond donors (Lipinski definition) is 2. The molecule has 2 aromatic carbocycles. The zero-order valence-corrected chi connectivity index (χ0v) is 10.7. The van der Waals surface area contributed by atoms with Gasteiger partial charge >= 0.3 is 5.97 Å². The first kappa shape index (κ1) is 12.5. The normalized spacial score (nSPS) is 10.3. The van der Waals surface area contributed by atoms with Gasteiger partial charge in [-0.05, 0) is 37.3 Å². The summed E-state index contributed by atoms with van der Waals surface area (Å²) in [5, 5.41) is 9.12. The summed E-state index contributed by atoms with van der Waals surface area (Å²) in [7, 11) is 0. The van der Waals surface area contributed by atoms with E-state index in [4.69, 9.17) is 10.8 Å². The van der Waals surface area contributed by atoms with Crippen molar-refractivity contribution in [2.24, 2.45) is 0 Å². The predicted octanol–water partition coefficient (Wildman–Crippen LogP) is 3.43. The molecule has 92 valence electrons. The molecule has 0 bridgehead atoms. The molecule has 0 aromatic heterocycles. The van der Waals surface area contributed by atoms with Gasteiger partial charge in [-0.3, -0.25) is 0 Å². The van der Waals surface area contributed by atoms with Gasteiger partial charge in [-0.2, -0.15) is 0 Å². The van der Waals surface area contributed by atoms with Gasteiger partial charge in [0.2, 0.25) is 0 Å². The second-order valence-corrected chi connectivity index (χ2v) is 5.09. The van der Waals surface area contributed by atoms with Gasteiger partial charge in [-0.15, -0.1) is 0 Å². The van der Waals surface area contributed by atoms with E-state index in [0.29, 0.717) is 10.6 Å². The number of nitrogens with two attached hydrogens (primary N) is 1. The summed E-state index contributed by atoms with van der Waals surface area (Å²) in [6, 6.07) is 12.7. The van der Waals surface area contributed by atoms with Crippen LogP contribution in [0.15, 0.2) is 52.3 Å². The lowest BCUT2D eigenvalue weighted by Gasteiger charge is -2.07. The Morgan fingerprint density at radius 1 is 1.17 bits per heavy atom. The zero-order chi connectivity index (χ0) is 13.1. The Balaban J connectivity index is 2.35. The van der Waals surface area contributed by atoms with E-state index in [1.807, 2.05) is 31.2 Å². The lowest BCUT2D eigenvalue weighted by molar-refractivity contribution is 0.0693. The van der Waals surface area contributed by atoms with Crippen molar-refractivity contribution in [1.82, 2.24) is 0 Å². The standard InChI is InChI=1S/C14H13NO2S/c1-9-2-5-11(6-3-9)18-13-8-10(15)4-7-12(13)14(16)17/h2-8H,15H2,1H3,(H,16,17). The van der Waals surface area contributed by atoms with Gasteiger partial charge < -0.3 is 10.8 Å². The average Bonchev–Trinajstić information content (AvgIpc) is 2.32. The number of anilines is 1. The minimum atomic E-state index is -0.940. The van der Waals surface area contributed by atoms with E-state index in [1.165, 1.54) is 23.4 Å². The van der Waals surface area contributed by atoms with Gasteiger partial charge in [-0.1, -0.05) is 29.5 Å². The van der Waals surface area contributed by atoms with Crippen LogP contribution in [0, 0.1) is 6.92 Å². The smallest absolute Gasteiger partial charge is 0.336 e. The van der Waals surface area contributed by atoms with Crippen LogP contribution in [0.2, 0.25) is 0 Å². The van der Waals surface area contributed by atoms with Crippen molar-refractivity contribution >= 4 is 23.4 Å². The molecule has 0 saturated carbocycles. The summed E-state index contributed by atoms with van der Waals surface area (Å²) in [4.78, 5) is 12.8. The number of hydrogen-bond acceptors (Lipinski definition) is 3. The van der Waals surface area contributed by atoms with Crippen molar-refractivity contribution in [2.75, 3.05) is 5.73 Å². The van der Waals surface area contributed by atoms with Gasteiger partial charge in [0, 0.05) is 15.5 Å². The highest BCUT2D eigenvalue weighted by Gasteiger charge is 2.11. The molecule has 0 fully saturated rings. The average molecular weight is 259 g/mol. The molecule has 0 spiro atoms. The van der Waals surface area contributed by atoms with Crippen LogP contribution in [-0.2, 0) is 0 Å². The van der Waals surface area contributed by atoms with Gasteiger partial charge in [-0.25, -0.2) is 4.79 Å². The van der Waals surface area contributed by atoms with Gasteiger partial charge in [0.1, 0.15) is 0 Å².